The molecule has 0 aliphatic carbocycles. The number of hydrogen-bond donors (Lipinski definition) is 0. The lowest BCUT2D eigenvalue weighted by atomic mass is 9.85. The molecule has 0 aliphatic heterocycles. The lowest BCUT2D eigenvalue weighted by molar-refractivity contribution is 0.0893. The molecule has 3 rings (SSSR count). The molecule has 0 fully saturated rings. The van der Waals surface area contributed by atoms with Gasteiger partial charge in [-0.3, -0.25) is 9.59 Å². The van der Waals surface area contributed by atoms with Gasteiger partial charge in [0, 0.05) is 17.5 Å². The van der Waals surface area contributed by atoms with E-state index in [4.69, 9.17) is 9.47 Å². The van der Waals surface area contributed by atoms with Crippen molar-refractivity contribution < 1.29 is 19.1 Å². The molecule has 142 valence electrons. The quantitative estimate of drug-likeness (QED) is 0.524. The summed E-state index contributed by atoms with van der Waals surface area (Å²) in [6, 6.07) is 23.5. The molecule has 28 heavy (non-hydrogen) atoms. The molecule has 0 bridgehead atoms. The van der Waals surface area contributed by atoms with E-state index in [2.05, 4.69) is 0 Å². The van der Waals surface area contributed by atoms with E-state index >= 15 is 0 Å². The van der Waals surface area contributed by atoms with E-state index in [0.717, 1.165) is 5.56 Å². The van der Waals surface area contributed by atoms with Gasteiger partial charge in [0.05, 0.1) is 20.1 Å². The molecule has 1 atom stereocenters. The van der Waals surface area contributed by atoms with Crippen LogP contribution < -0.4 is 9.47 Å². The van der Waals surface area contributed by atoms with Crippen molar-refractivity contribution in [2.75, 3.05) is 14.2 Å². The van der Waals surface area contributed by atoms with E-state index in [1.54, 1.807) is 37.4 Å². The number of ketones is 2. The molecule has 0 radical (unpaired) electrons. The van der Waals surface area contributed by atoms with Crippen LogP contribution in [-0.2, 0) is 0 Å². The van der Waals surface area contributed by atoms with Gasteiger partial charge in [0.15, 0.2) is 23.1 Å². The predicted octanol–water partition coefficient (Wildman–Crippen LogP) is 4.94. The van der Waals surface area contributed by atoms with Gasteiger partial charge in [0.25, 0.3) is 0 Å². The largest absolute Gasteiger partial charge is 0.493 e. The predicted molar refractivity (Wildman–Crippen MR) is 108 cm³/mol. The lowest BCUT2D eigenvalue weighted by Gasteiger charge is -2.16. The number of benzene rings is 3. The summed E-state index contributed by atoms with van der Waals surface area (Å²) in [7, 11) is 3.07. The second kappa shape index (κ2) is 9.00. The Balaban J connectivity index is 1.91. The smallest absolute Gasteiger partial charge is 0.170 e. The topological polar surface area (TPSA) is 52.6 Å². The number of carbonyl (C=O) groups is 2. The standard InChI is InChI=1S/C24H22O4/c1-27-22-14-13-19(15-23(22)28-2)21(25)16-20(17-9-5-3-6-10-17)24(26)18-11-7-4-8-12-18/h3-15,20H,16H2,1-2H3. The highest BCUT2D eigenvalue weighted by Crippen LogP contribution is 2.30. The van der Waals surface area contributed by atoms with Crippen LogP contribution in [0.5, 0.6) is 11.5 Å². The summed E-state index contributed by atoms with van der Waals surface area (Å²) in [6.07, 6.45) is 0.0766. The maximum absolute atomic E-state index is 13.1. The summed E-state index contributed by atoms with van der Waals surface area (Å²) in [5.41, 5.74) is 1.90. The van der Waals surface area contributed by atoms with Crippen molar-refractivity contribution in [2.45, 2.75) is 12.3 Å². The molecule has 0 N–H and O–H groups in total. The van der Waals surface area contributed by atoms with Gasteiger partial charge in [-0.25, -0.2) is 0 Å². The first kappa shape index (κ1) is 19.4. The second-order valence-electron chi connectivity index (χ2n) is 6.39. The highest BCUT2D eigenvalue weighted by atomic mass is 16.5. The molecule has 3 aromatic carbocycles. The Morgan fingerprint density at radius 3 is 1.96 bits per heavy atom. The number of rotatable bonds is 8. The fraction of sp³-hybridized carbons (Fsp3) is 0.167. The molecule has 1 unspecified atom stereocenters. The van der Waals surface area contributed by atoms with E-state index in [0.29, 0.717) is 22.6 Å². The van der Waals surface area contributed by atoms with Crippen molar-refractivity contribution in [1.82, 2.24) is 0 Å². The molecule has 4 heteroatoms. The minimum atomic E-state index is -0.552. The van der Waals surface area contributed by atoms with Gasteiger partial charge in [-0.2, -0.15) is 0 Å². The maximum atomic E-state index is 13.1. The molecule has 0 amide bonds. The van der Waals surface area contributed by atoms with Crippen molar-refractivity contribution in [3.8, 4) is 11.5 Å². The second-order valence-corrected chi connectivity index (χ2v) is 6.39. The summed E-state index contributed by atoms with van der Waals surface area (Å²) in [5, 5.41) is 0. The molecule has 4 nitrogen and oxygen atoms in total. The van der Waals surface area contributed by atoms with Gasteiger partial charge in [0.2, 0.25) is 0 Å². The number of carbonyl (C=O) groups excluding carboxylic acids is 2. The fourth-order valence-electron chi connectivity index (χ4n) is 3.16. The first-order valence-electron chi connectivity index (χ1n) is 9.03. The highest BCUT2D eigenvalue weighted by Gasteiger charge is 2.25. The molecule has 0 heterocycles. The van der Waals surface area contributed by atoms with Crippen molar-refractivity contribution in [3.05, 3.63) is 95.6 Å². The lowest BCUT2D eigenvalue weighted by Crippen LogP contribution is -2.17. The average Bonchev–Trinajstić information content (AvgIpc) is 2.77. The fourth-order valence-corrected chi connectivity index (χ4v) is 3.16. The summed E-state index contributed by atoms with van der Waals surface area (Å²) in [5.74, 6) is 0.293. The Kier molecular flexibility index (Phi) is 6.22. The molecular weight excluding hydrogens is 352 g/mol. The van der Waals surface area contributed by atoms with Crippen molar-refractivity contribution in [3.63, 3.8) is 0 Å². The third-order valence-electron chi connectivity index (χ3n) is 4.67. The first-order chi connectivity index (χ1) is 13.6. The van der Waals surface area contributed by atoms with Gasteiger partial charge in [-0.1, -0.05) is 60.7 Å². The van der Waals surface area contributed by atoms with E-state index in [1.807, 2.05) is 48.5 Å². The highest BCUT2D eigenvalue weighted by molar-refractivity contribution is 6.06. The number of hydrogen-bond acceptors (Lipinski definition) is 4. The number of Topliss-reactive ketones (excluding diaryl/α,β-unsaturated/α-hetero) is 2. The third-order valence-corrected chi connectivity index (χ3v) is 4.67. The van der Waals surface area contributed by atoms with Crippen LogP contribution in [0, 0.1) is 0 Å². The van der Waals surface area contributed by atoms with Crippen molar-refractivity contribution in [2.24, 2.45) is 0 Å². The maximum Gasteiger partial charge on any atom is 0.170 e. The molecular formula is C24H22O4. The van der Waals surface area contributed by atoms with Crippen LogP contribution in [0.25, 0.3) is 0 Å². The van der Waals surface area contributed by atoms with Crippen molar-refractivity contribution >= 4 is 11.6 Å². The van der Waals surface area contributed by atoms with Crippen molar-refractivity contribution in [1.29, 1.82) is 0 Å². The van der Waals surface area contributed by atoms with Gasteiger partial charge in [-0.15, -0.1) is 0 Å². The van der Waals surface area contributed by atoms with Crippen LogP contribution >= 0.6 is 0 Å². The van der Waals surface area contributed by atoms with Gasteiger partial charge >= 0.3 is 0 Å². The van der Waals surface area contributed by atoms with Gasteiger partial charge in [0.1, 0.15) is 0 Å². The van der Waals surface area contributed by atoms with Crippen LogP contribution in [0.3, 0.4) is 0 Å². The van der Waals surface area contributed by atoms with E-state index in [9.17, 15) is 9.59 Å². The monoisotopic (exact) mass is 374 g/mol. The van der Waals surface area contributed by atoms with Crippen LogP contribution in [0.4, 0.5) is 0 Å². The zero-order chi connectivity index (χ0) is 19.9. The summed E-state index contributed by atoms with van der Waals surface area (Å²) in [4.78, 5) is 26.1. The Hall–Kier alpha value is -3.40. The minimum absolute atomic E-state index is 0.0689. The van der Waals surface area contributed by atoms with Crippen LogP contribution in [0.2, 0.25) is 0 Å². The van der Waals surface area contributed by atoms with Crippen LogP contribution in [0.1, 0.15) is 38.6 Å². The molecule has 0 spiro atoms. The number of ether oxygens (including phenoxy) is 2. The molecule has 3 aromatic rings. The van der Waals surface area contributed by atoms with Crippen LogP contribution in [0.15, 0.2) is 78.9 Å². The molecule has 0 saturated carbocycles. The van der Waals surface area contributed by atoms with Gasteiger partial charge in [-0.05, 0) is 23.8 Å². The molecule has 0 aliphatic rings. The zero-order valence-corrected chi connectivity index (χ0v) is 15.9. The Morgan fingerprint density at radius 1 is 0.750 bits per heavy atom. The average molecular weight is 374 g/mol. The zero-order valence-electron chi connectivity index (χ0n) is 15.9. The minimum Gasteiger partial charge on any atom is -0.493 e. The van der Waals surface area contributed by atoms with Crippen LogP contribution in [-0.4, -0.2) is 25.8 Å². The Morgan fingerprint density at radius 2 is 1.36 bits per heavy atom. The van der Waals surface area contributed by atoms with E-state index in [-0.39, 0.29) is 18.0 Å². The normalized spacial score (nSPS) is 11.5. The summed E-state index contributed by atoms with van der Waals surface area (Å²) >= 11 is 0. The Bertz CT molecular complexity index is 949. The summed E-state index contributed by atoms with van der Waals surface area (Å²) in [6.45, 7) is 0. The Labute approximate surface area is 164 Å². The SMILES string of the molecule is COc1ccc(C(=O)CC(C(=O)c2ccccc2)c2ccccc2)cc1OC. The summed E-state index contributed by atoms with van der Waals surface area (Å²) < 4.78 is 10.5. The molecule has 0 saturated heterocycles. The third kappa shape index (κ3) is 4.29. The van der Waals surface area contributed by atoms with E-state index in [1.165, 1.54) is 7.11 Å². The first-order valence-corrected chi connectivity index (χ1v) is 9.03. The van der Waals surface area contributed by atoms with E-state index < -0.39 is 5.92 Å². The number of methoxy groups -OCH3 is 2. The molecule has 0 aromatic heterocycles. The van der Waals surface area contributed by atoms with Gasteiger partial charge < -0.3 is 9.47 Å².